The Morgan fingerprint density at radius 1 is 1.12 bits per heavy atom. The fourth-order valence-corrected chi connectivity index (χ4v) is 4.21. The Kier molecular flexibility index (Phi) is 6.94. The minimum Gasteiger partial charge on any atom is -0.455 e. The van der Waals surface area contributed by atoms with Gasteiger partial charge in [-0.15, -0.1) is 5.10 Å². The number of amidine groups is 1. The molecule has 2 amide bonds. The van der Waals surface area contributed by atoms with Gasteiger partial charge < -0.3 is 15.1 Å². The zero-order valence-electron chi connectivity index (χ0n) is 16.4. The Balaban J connectivity index is 1.35. The number of carbonyl (C=O) groups excluding carboxylic acids is 2. The first-order valence-corrected chi connectivity index (χ1v) is 11.1. The lowest BCUT2D eigenvalue weighted by molar-refractivity contribution is -0.122. The number of rotatable bonds is 6. The van der Waals surface area contributed by atoms with Crippen LogP contribution < -0.4 is 10.6 Å². The molecule has 1 atom stereocenters. The second-order valence-corrected chi connectivity index (χ2v) is 8.64. The first-order valence-electron chi connectivity index (χ1n) is 9.47. The van der Waals surface area contributed by atoms with Gasteiger partial charge >= 0.3 is 0 Å². The van der Waals surface area contributed by atoms with Gasteiger partial charge in [0.25, 0.3) is 0 Å². The molecule has 2 aromatic carbocycles. The summed E-state index contributed by atoms with van der Waals surface area (Å²) in [7, 11) is 0. The first kappa shape index (κ1) is 22.1. The molecule has 1 aliphatic heterocycles. The van der Waals surface area contributed by atoms with E-state index in [9.17, 15) is 9.59 Å². The third-order valence-corrected chi connectivity index (χ3v) is 6.27. The van der Waals surface area contributed by atoms with Gasteiger partial charge in [-0.25, -0.2) is 0 Å². The van der Waals surface area contributed by atoms with Crippen molar-refractivity contribution in [2.75, 3.05) is 5.32 Å². The van der Waals surface area contributed by atoms with Gasteiger partial charge in [0.2, 0.25) is 11.8 Å². The van der Waals surface area contributed by atoms with E-state index in [1.807, 2.05) is 18.2 Å². The molecule has 0 bridgehead atoms. The van der Waals surface area contributed by atoms with Crippen molar-refractivity contribution in [1.29, 1.82) is 0 Å². The molecule has 1 aliphatic rings. The number of anilines is 1. The largest absolute Gasteiger partial charge is 0.455 e. The predicted molar refractivity (Wildman–Crippen MR) is 128 cm³/mol. The summed E-state index contributed by atoms with van der Waals surface area (Å²) in [5, 5.41) is 13.9. The Morgan fingerprint density at radius 2 is 1.94 bits per heavy atom. The van der Waals surface area contributed by atoms with Gasteiger partial charge in [0, 0.05) is 17.7 Å². The number of hydrogen-bond acceptors (Lipinski definition) is 6. The first-order chi connectivity index (χ1) is 15.5. The third kappa shape index (κ3) is 5.40. The average Bonchev–Trinajstić information content (AvgIpc) is 3.37. The van der Waals surface area contributed by atoms with Crippen molar-refractivity contribution >= 4 is 63.8 Å². The summed E-state index contributed by atoms with van der Waals surface area (Å²) in [5.41, 5.74) is 1.34. The summed E-state index contributed by atoms with van der Waals surface area (Å²) in [6, 6.07) is 17.8. The molecule has 1 fully saturated rings. The van der Waals surface area contributed by atoms with Crippen molar-refractivity contribution in [3.05, 3.63) is 76.5 Å². The summed E-state index contributed by atoms with van der Waals surface area (Å²) < 4.78 is 5.71. The normalized spacial score (nSPS) is 17.1. The molecular formula is C22H16Cl2N4O3S. The molecule has 7 nitrogen and oxygen atoms in total. The Labute approximate surface area is 197 Å². The SMILES string of the molecule is O=C(CC1S/C(=N\N=C\c2ccc(-c3cccc(Cl)c3Cl)o2)NC1=O)Nc1ccccc1. The molecule has 3 aromatic rings. The average molecular weight is 487 g/mol. The van der Waals surface area contributed by atoms with E-state index in [4.69, 9.17) is 27.6 Å². The molecule has 0 aliphatic carbocycles. The van der Waals surface area contributed by atoms with Gasteiger partial charge in [0.05, 0.1) is 16.3 Å². The van der Waals surface area contributed by atoms with E-state index in [-0.39, 0.29) is 18.2 Å². The molecule has 32 heavy (non-hydrogen) atoms. The molecule has 1 unspecified atom stereocenters. The Morgan fingerprint density at radius 3 is 2.75 bits per heavy atom. The smallest absolute Gasteiger partial charge is 0.240 e. The maximum absolute atomic E-state index is 12.2. The summed E-state index contributed by atoms with van der Waals surface area (Å²) >= 11 is 13.4. The molecule has 1 aromatic heterocycles. The summed E-state index contributed by atoms with van der Waals surface area (Å²) in [5.74, 6) is 0.451. The number of furan rings is 1. The topological polar surface area (TPSA) is 96.1 Å². The highest BCUT2D eigenvalue weighted by Crippen LogP contribution is 2.34. The van der Waals surface area contributed by atoms with Crippen LogP contribution in [-0.4, -0.2) is 28.4 Å². The van der Waals surface area contributed by atoms with Gasteiger partial charge in [0.1, 0.15) is 16.8 Å². The molecule has 0 radical (unpaired) electrons. The van der Waals surface area contributed by atoms with E-state index in [2.05, 4.69) is 20.8 Å². The minimum absolute atomic E-state index is 0.0239. The molecular weight excluding hydrogens is 471 g/mol. The van der Waals surface area contributed by atoms with Gasteiger partial charge in [0.15, 0.2) is 5.17 Å². The maximum Gasteiger partial charge on any atom is 0.240 e. The Bertz CT molecular complexity index is 1210. The zero-order chi connectivity index (χ0) is 22.5. The van der Waals surface area contributed by atoms with Gasteiger partial charge in [-0.2, -0.15) is 5.10 Å². The summed E-state index contributed by atoms with van der Waals surface area (Å²) in [4.78, 5) is 24.3. The number of benzene rings is 2. The highest BCUT2D eigenvalue weighted by molar-refractivity contribution is 8.15. The lowest BCUT2D eigenvalue weighted by Crippen LogP contribution is -2.28. The molecule has 0 spiro atoms. The van der Waals surface area contributed by atoms with Crippen molar-refractivity contribution < 1.29 is 14.0 Å². The van der Waals surface area contributed by atoms with Crippen LogP contribution in [-0.2, 0) is 9.59 Å². The van der Waals surface area contributed by atoms with Crippen LogP contribution in [0.4, 0.5) is 5.69 Å². The number of amides is 2. The number of nitrogens with zero attached hydrogens (tertiary/aromatic N) is 2. The monoisotopic (exact) mass is 486 g/mol. The van der Waals surface area contributed by atoms with E-state index >= 15 is 0 Å². The van der Waals surface area contributed by atoms with Gasteiger partial charge in [-0.1, -0.05) is 59.2 Å². The van der Waals surface area contributed by atoms with Crippen LogP contribution in [0.2, 0.25) is 10.0 Å². The zero-order valence-corrected chi connectivity index (χ0v) is 18.7. The van der Waals surface area contributed by atoms with E-state index < -0.39 is 5.25 Å². The second kappa shape index (κ2) is 10.0. The number of para-hydroxylation sites is 1. The van der Waals surface area contributed by atoms with Crippen LogP contribution >= 0.6 is 35.0 Å². The van der Waals surface area contributed by atoms with Crippen LogP contribution in [0.3, 0.4) is 0 Å². The fourth-order valence-electron chi connectivity index (χ4n) is 2.89. The van der Waals surface area contributed by atoms with Crippen LogP contribution in [0.5, 0.6) is 0 Å². The van der Waals surface area contributed by atoms with Crippen LogP contribution in [0.1, 0.15) is 12.2 Å². The Hall–Kier alpha value is -3.07. The number of carbonyl (C=O) groups is 2. The highest BCUT2D eigenvalue weighted by Gasteiger charge is 2.32. The molecule has 1 saturated heterocycles. The van der Waals surface area contributed by atoms with Crippen molar-refractivity contribution in [3.8, 4) is 11.3 Å². The van der Waals surface area contributed by atoms with Crippen molar-refractivity contribution in [2.24, 2.45) is 10.2 Å². The van der Waals surface area contributed by atoms with Crippen LogP contribution in [0.25, 0.3) is 11.3 Å². The molecule has 2 heterocycles. The van der Waals surface area contributed by atoms with E-state index in [0.717, 1.165) is 11.8 Å². The van der Waals surface area contributed by atoms with Crippen molar-refractivity contribution in [1.82, 2.24) is 5.32 Å². The summed E-state index contributed by atoms with van der Waals surface area (Å²) in [6.45, 7) is 0. The number of nitrogens with one attached hydrogen (secondary N) is 2. The molecule has 0 saturated carbocycles. The maximum atomic E-state index is 12.2. The highest BCUT2D eigenvalue weighted by atomic mass is 35.5. The minimum atomic E-state index is -0.576. The molecule has 4 rings (SSSR count). The lowest BCUT2D eigenvalue weighted by Gasteiger charge is -2.06. The number of halogens is 2. The standard InChI is InChI=1S/C22H16Cl2N4O3S/c23-16-8-4-7-15(20(16)24)17-10-9-14(31-17)12-25-28-22-27-21(30)18(32-22)11-19(29)26-13-5-2-1-3-6-13/h1-10,12,18H,11H2,(H,26,29)(H,27,28,30)/b25-12+. The van der Waals surface area contributed by atoms with Gasteiger partial charge in [-0.3, -0.25) is 9.59 Å². The molecule has 2 N–H and O–H groups in total. The fraction of sp³-hybridized carbons (Fsp3) is 0.0909. The van der Waals surface area contributed by atoms with Crippen LogP contribution in [0, 0.1) is 0 Å². The summed E-state index contributed by atoms with van der Waals surface area (Å²) in [6.07, 6.45) is 1.44. The molecule has 162 valence electrons. The quantitative estimate of drug-likeness (QED) is 0.369. The van der Waals surface area contributed by atoms with Crippen LogP contribution in [0.15, 0.2) is 75.3 Å². The van der Waals surface area contributed by atoms with Crippen molar-refractivity contribution in [2.45, 2.75) is 11.7 Å². The van der Waals surface area contributed by atoms with E-state index in [1.165, 1.54) is 6.21 Å². The van der Waals surface area contributed by atoms with E-state index in [0.29, 0.717) is 38.0 Å². The van der Waals surface area contributed by atoms with E-state index in [1.54, 1.807) is 42.5 Å². The van der Waals surface area contributed by atoms with Gasteiger partial charge in [-0.05, 0) is 36.4 Å². The second-order valence-electron chi connectivity index (χ2n) is 6.67. The third-order valence-electron chi connectivity index (χ3n) is 4.38. The predicted octanol–water partition coefficient (Wildman–Crippen LogP) is 5.20. The molecule has 10 heteroatoms. The van der Waals surface area contributed by atoms with Crippen molar-refractivity contribution in [3.63, 3.8) is 0 Å². The number of hydrogen-bond donors (Lipinski definition) is 2. The lowest BCUT2D eigenvalue weighted by atomic mass is 10.2. The number of thioether (sulfide) groups is 1.